The summed E-state index contributed by atoms with van der Waals surface area (Å²) in [5.74, 6) is -2.71. The first-order valence-corrected chi connectivity index (χ1v) is 11.5. The van der Waals surface area contributed by atoms with E-state index in [-0.39, 0.29) is 5.91 Å². The van der Waals surface area contributed by atoms with Crippen LogP contribution in [0.15, 0.2) is 48.5 Å². The van der Waals surface area contributed by atoms with Crippen molar-refractivity contribution >= 4 is 17.7 Å². The maximum atomic E-state index is 13.4. The number of aliphatic hydroxyl groups is 1. The molecule has 0 bridgehead atoms. The summed E-state index contributed by atoms with van der Waals surface area (Å²) in [7, 11) is 0. The molecule has 0 radical (unpaired) electrons. The number of fused-ring (bicyclic) bond motifs is 1. The van der Waals surface area contributed by atoms with Crippen molar-refractivity contribution in [2.45, 2.75) is 50.0 Å². The summed E-state index contributed by atoms with van der Waals surface area (Å²) >= 11 is 0. The summed E-state index contributed by atoms with van der Waals surface area (Å²) in [6.07, 6.45) is -4.61. The lowest BCUT2D eigenvalue weighted by Crippen LogP contribution is -2.48. The third kappa shape index (κ3) is 5.32. The molecule has 1 heterocycles. The number of halogens is 3. The van der Waals surface area contributed by atoms with Crippen LogP contribution in [0.2, 0.25) is 0 Å². The van der Waals surface area contributed by atoms with Gasteiger partial charge in [-0.05, 0) is 36.5 Å². The van der Waals surface area contributed by atoms with Gasteiger partial charge in [0.25, 0.3) is 5.91 Å². The van der Waals surface area contributed by atoms with Gasteiger partial charge in [-0.1, -0.05) is 48.9 Å². The molecule has 2 unspecified atom stereocenters. The van der Waals surface area contributed by atoms with Gasteiger partial charge in [-0.2, -0.15) is 13.2 Å². The number of carbonyl (C=O) groups excluding carboxylic acids is 3. The van der Waals surface area contributed by atoms with Gasteiger partial charge in [-0.25, -0.2) is 0 Å². The average Bonchev–Trinajstić information content (AvgIpc) is 3.00. The van der Waals surface area contributed by atoms with Gasteiger partial charge >= 0.3 is 6.18 Å². The number of hydrogen-bond donors (Lipinski definition) is 4. The molecule has 2 aromatic rings. The highest BCUT2D eigenvalue weighted by Crippen LogP contribution is 2.36. The summed E-state index contributed by atoms with van der Waals surface area (Å²) < 4.78 is 40.1. The smallest absolute Gasteiger partial charge is 0.378 e. The molecule has 7 nitrogen and oxygen atoms in total. The molecule has 1 fully saturated rings. The van der Waals surface area contributed by atoms with Crippen molar-refractivity contribution in [1.82, 2.24) is 16.0 Å². The largest absolute Gasteiger partial charge is 0.416 e. The lowest BCUT2D eigenvalue weighted by Gasteiger charge is -2.26. The average molecular weight is 489 g/mol. The van der Waals surface area contributed by atoms with Crippen LogP contribution in [-0.4, -0.2) is 35.4 Å². The maximum Gasteiger partial charge on any atom is 0.416 e. The predicted molar refractivity (Wildman–Crippen MR) is 120 cm³/mol. The van der Waals surface area contributed by atoms with Gasteiger partial charge in [0.2, 0.25) is 11.8 Å². The summed E-state index contributed by atoms with van der Waals surface area (Å²) in [6.45, 7) is 0.505. The molecule has 1 aliphatic carbocycles. The van der Waals surface area contributed by atoms with Crippen LogP contribution in [-0.2, 0) is 27.0 Å². The van der Waals surface area contributed by atoms with E-state index in [1.165, 1.54) is 12.1 Å². The number of alkyl halides is 3. The van der Waals surface area contributed by atoms with Crippen molar-refractivity contribution < 1.29 is 32.7 Å². The third-order valence-corrected chi connectivity index (χ3v) is 6.52. The zero-order valence-electron chi connectivity index (χ0n) is 18.8. The van der Waals surface area contributed by atoms with Crippen LogP contribution in [0.25, 0.3) is 0 Å². The van der Waals surface area contributed by atoms with E-state index < -0.39 is 53.2 Å². The Bertz CT molecular complexity index is 1120. The number of hydrogen-bond acceptors (Lipinski definition) is 4. The van der Waals surface area contributed by atoms with Crippen LogP contribution in [0.5, 0.6) is 0 Å². The number of nitrogens with one attached hydrogen (secondary N) is 3. The second-order valence-electron chi connectivity index (χ2n) is 8.83. The van der Waals surface area contributed by atoms with Crippen LogP contribution in [0.3, 0.4) is 0 Å². The Hall–Kier alpha value is -3.40. The Morgan fingerprint density at radius 1 is 1.03 bits per heavy atom. The first-order valence-electron chi connectivity index (χ1n) is 11.5. The van der Waals surface area contributed by atoms with Gasteiger partial charge in [0.05, 0.1) is 17.6 Å². The van der Waals surface area contributed by atoms with E-state index in [0.717, 1.165) is 29.7 Å². The van der Waals surface area contributed by atoms with Crippen molar-refractivity contribution in [3.8, 4) is 0 Å². The normalized spacial score (nSPS) is 23.0. The minimum atomic E-state index is -4.74. The monoisotopic (exact) mass is 489 g/mol. The molecule has 3 amide bonds. The highest BCUT2D eigenvalue weighted by atomic mass is 19.4. The minimum Gasteiger partial charge on any atom is -0.378 e. The van der Waals surface area contributed by atoms with Gasteiger partial charge < -0.3 is 21.1 Å². The quantitative estimate of drug-likeness (QED) is 0.484. The number of carbonyl (C=O) groups is 3. The molecule has 4 atom stereocenters. The fraction of sp³-hybridized carbons (Fsp3) is 0.400. The molecule has 4 rings (SSSR count). The molecule has 1 aliphatic heterocycles. The molecule has 2 aromatic carbocycles. The van der Waals surface area contributed by atoms with Crippen LogP contribution in [0.1, 0.15) is 53.7 Å². The summed E-state index contributed by atoms with van der Waals surface area (Å²) in [5.41, 5.74) is -0.0609. The van der Waals surface area contributed by atoms with E-state index in [0.29, 0.717) is 25.8 Å². The van der Waals surface area contributed by atoms with Crippen LogP contribution in [0.4, 0.5) is 13.2 Å². The SMILES string of the molecule is O=C1NCCCCC1C(=O)N[C@@H]1c2ccccc2C[C@H]1NC(=O)C(O)c1ccccc1C(F)(F)F. The Labute approximate surface area is 200 Å². The lowest BCUT2D eigenvalue weighted by molar-refractivity contribution is -0.141. The first-order chi connectivity index (χ1) is 16.7. The number of amides is 3. The molecule has 0 aromatic heterocycles. The maximum absolute atomic E-state index is 13.4. The fourth-order valence-electron chi connectivity index (χ4n) is 4.75. The van der Waals surface area contributed by atoms with E-state index >= 15 is 0 Å². The standard InChI is InChI=1S/C25H26F3N3O4/c26-25(27,28)18-11-4-3-9-16(18)21(32)24(35)30-19-13-14-7-1-2-8-15(14)20(19)31-23(34)17-10-5-6-12-29-22(17)33/h1-4,7-9,11,17,19-21,32H,5-6,10,12-13H2,(H,29,33)(H,30,35)(H,31,34)/t17?,19-,20-,21?/m1/s1. The molecule has 0 saturated carbocycles. The van der Waals surface area contributed by atoms with Gasteiger partial charge in [0, 0.05) is 12.1 Å². The van der Waals surface area contributed by atoms with E-state index in [9.17, 15) is 32.7 Å². The van der Waals surface area contributed by atoms with Gasteiger partial charge in [-0.3, -0.25) is 14.4 Å². The molecule has 0 spiro atoms. The van der Waals surface area contributed by atoms with Crippen molar-refractivity contribution in [3.05, 3.63) is 70.8 Å². The number of rotatable bonds is 5. The highest BCUT2D eigenvalue weighted by molar-refractivity contribution is 6.00. The predicted octanol–water partition coefficient (Wildman–Crippen LogP) is 2.55. The van der Waals surface area contributed by atoms with Crippen molar-refractivity contribution in [2.24, 2.45) is 5.92 Å². The third-order valence-electron chi connectivity index (χ3n) is 6.52. The first kappa shape index (κ1) is 24.7. The minimum absolute atomic E-state index is 0.303. The highest BCUT2D eigenvalue weighted by Gasteiger charge is 2.40. The van der Waals surface area contributed by atoms with E-state index in [1.807, 2.05) is 6.07 Å². The molecule has 2 aliphatic rings. The lowest BCUT2D eigenvalue weighted by atomic mass is 9.99. The van der Waals surface area contributed by atoms with Gasteiger partial charge in [0.1, 0.15) is 5.92 Å². The van der Waals surface area contributed by atoms with Crippen LogP contribution >= 0.6 is 0 Å². The van der Waals surface area contributed by atoms with Crippen molar-refractivity contribution in [2.75, 3.05) is 6.54 Å². The Kier molecular flexibility index (Phi) is 7.11. The van der Waals surface area contributed by atoms with Crippen LogP contribution in [0, 0.1) is 5.92 Å². The van der Waals surface area contributed by atoms with Gasteiger partial charge in [-0.15, -0.1) is 0 Å². The zero-order valence-corrected chi connectivity index (χ0v) is 18.8. The molecule has 186 valence electrons. The Morgan fingerprint density at radius 3 is 2.51 bits per heavy atom. The van der Waals surface area contributed by atoms with E-state index in [1.54, 1.807) is 18.2 Å². The zero-order chi connectivity index (χ0) is 25.2. The molecule has 1 saturated heterocycles. The molecule has 4 N–H and O–H groups in total. The molecular weight excluding hydrogens is 463 g/mol. The summed E-state index contributed by atoms with van der Waals surface area (Å²) in [6, 6.07) is 10.1. The second kappa shape index (κ2) is 10.1. The number of aliphatic hydroxyl groups excluding tert-OH is 1. The summed E-state index contributed by atoms with van der Waals surface area (Å²) in [4.78, 5) is 38.2. The molecular formula is C25H26F3N3O4. The molecule has 35 heavy (non-hydrogen) atoms. The van der Waals surface area contributed by atoms with E-state index in [4.69, 9.17) is 0 Å². The van der Waals surface area contributed by atoms with Crippen molar-refractivity contribution in [1.29, 1.82) is 0 Å². The van der Waals surface area contributed by atoms with E-state index in [2.05, 4.69) is 16.0 Å². The Morgan fingerprint density at radius 2 is 1.74 bits per heavy atom. The van der Waals surface area contributed by atoms with Gasteiger partial charge in [0.15, 0.2) is 6.10 Å². The molecule has 10 heteroatoms. The van der Waals surface area contributed by atoms with Crippen LogP contribution < -0.4 is 16.0 Å². The Balaban J connectivity index is 1.54. The second-order valence-corrected chi connectivity index (χ2v) is 8.83. The topological polar surface area (TPSA) is 108 Å². The number of benzene rings is 2. The summed E-state index contributed by atoms with van der Waals surface area (Å²) in [5, 5.41) is 18.7. The van der Waals surface area contributed by atoms with Crippen molar-refractivity contribution in [3.63, 3.8) is 0 Å². The fourth-order valence-corrected chi connectivity index (χ4v) is 4.75.